The largest absolute Gasteiger partial charge is 0.419 e. The highest BCUT2D eigenvalue weighted by molar-refractivity contribution is 6.31. The molecule has 260 valence electrons. The summed E-state index contributed by atoms with van der Waals surface area (Å²) < 4.78 is 122. The van der Waals surface area contributed by atoms with Crippen molar-refractivity contribution in [1.82, 2.24) is 5.32 Å². The van der Waals surface area contributed by atoms with E-state index in [0.29, 0.717) is 23.2 Å². The topological polar surface area (TPSA) is 38.0 Å². The molecule has 3 rings (SSSR count). The third kappa shape index (κ3) is 14.2. The Morgan fingerprint density at radius 1 is 0.851 bits per heavy atom. The molecule has 0 aliphatic carbocycles. The van der Waals surface area contributed by atoms with E-state index < -0.39 is 46.5 Å². The van der Waals surface area contributed by atoms with E-state index in [1.54, 1.807) is 6.08 Å². The van der Waals surface area contributed by atoms with Crippen LogP contribution in [0.15, 0.2) is 90.6 Å². The highest BCUT2D eigenvalue weighted by Gasteiger charge is 2.37. The Balaban J connectivity index is 0.00000152. The summed E-state index contributed by atoms with van der Waals surface area (Å²) in [5.74, 6) is -3.44. The molecule has 0 saturated carbocycles. The Morgan fingerprint density at radius 3 is 1.87 bits per heavy atom. The van der Waals surface area contributed by atoms with Gasteiger partial charge in [0.2, 0.25) is 0 Å². The zero-order valence-electron chi connectivity index (χ0n) is 27.0. The number of halogens is 10. The number of nitrogens with two attached hydrogens (primary N) is 1. The van der Waals surface area contributed by atoms with Crippen LogP contribution in [0, 0.1) is 17.5 Å². The minimum atomic E-state index is -5.01. The molecular weight excluding hydrogens is 655 g/mol. The summed E-state index contributed by atoms with van der Waals surface area (Å²) in [4.78, 5) is 0. The van der Waals surface area contributed by atoms with E-state index >= 15 is 0 Å². The molecule has 47 heavy (non-hydrogen) atoms. The molecule has 0 saturated heterocycles. The molecule has 0 spiro atoms. The standard InChI is InChI=1S/C25H18F9N.C5H8ClN.C3H8.C2H6/c1-14(15-7-8-22(28)20(9-15)25(32,33)34)35-23(2,13-16-5-3-4-6-21(16)27)17-10-18(24(29,30)31)12-19(26)11-17;1-2-3-5(6)4-7;1-3-2;1-2/h3-12,35H,1,13H2,2H3;2-4H,7H2,1H3;3H2,1-2H3;1-2H3/b;3-2-,5-4+;;/t23-;;;/m1.../s1. The zero-order valence-corrected chi connectivity index (χ0v) is 27.7. The predicted octanol–water partition coefficient (Wildman–Crippen LogP) is 11.9. The lowest BCUT2D eigenvalue weighted by molar-refractivity contribution is -0.140. The van der Waals surface area contributed by atoms with Crippen molar-refractivity contribution in [2.45, 2.75) is 72.3 Å². The first-order valence-electron chi connectivity index (χ1n) is 14.5. The fourth-order valence-electron chi connectivity index (χ4n) is 3.86. The summed E-state index contributed by atoms with van der Waals surface area (Å²) in [5, 5.41) is 3.29. The molecule has 0 radical (unpaired) electrons. The molecule has 0 bridgehead atoms. The minimum absolute atomic E-state index is 0.0446. The monoisotopic (exact) mass is 694 g/mol. The Hall–Kier alpha value is -3.86. The second kappa shape index (κ2) is 19.7. The molecule has 3 aromatic carbocycles. The van der Waals surface area contributed by atoms with Gasteiger partial charge in [-0.3, -0.25) is 0 Å². The predicted molar refractivity (Wildman–Crippen MR) is 173 cm³/mol. The average molecular weight is 695 g/mol. The SMILES string of the molecule is C/C=C\C(Cl)=C/N.C=C(N[C@](C)(Cc1ccccc1F)c1cc(F)cc(C(F)(F)F)c1)c1ccc(F)c(C(F)(F)F)c1.CC.CCC. The van der Waals surface area contributed by atoms with Crippen LogP contribution in [0.2, 0.25) is 0 Å². The number of rotatable bonds is 7. The van der Waals surface area contributed by atoms with Crippen LogP contribution < -0.4 is 11.1 Å². The normalized spacial score (nSPS) is 12.8. The number of hydrogen-bond acceptors (Lipinski definition) is 2. The van der Waals surface area contributed by atoms with Gasteiger partial charge < -0.3 is 11.1 Å². The molecule has 0 fully saturated rings. The molecule has 0 aliphatic rings. The summed E-state index contributed by atoms with van der Waals surface area (Å²) in [6.45, 7) is 15.1. The zero-order chi connectivity index (χ0) is 36.6. The lowest BCUT2D eigenvalue weighted by atomic mass is 9.83. The van der Waals surface area contributed by atoms with Crippen molar-refractivity contribution < 1.29 is 39.5 Å². The van der Waals surface area contributed by atoms with Gasteiger partial charge in [0.25, 0.3) is 0 Å². The Kier molecular flexibility index (Phi) is 18.1. The molecule has 3 N–H and O–H groups in total. The molecule has 2 nitrogen and oxygen atoms in total. The summed E-state index contributed by atoms with van der Waals surface area (Å²) in [6, 6.07) is 9.17. The van der Waals surface area contributed by atoms with Gasteiger partial charge in [0.15, 0.2) is 0 Å². The third-order valence-electron chi connectivity index (χ3n) is 5.90. The molecule has 0 aromatic heterocycles. The van der Waals surface area contributed by atoms with Crippen LogP contribution in [0.25, 0.3) is 5.70 Å². The van der Waals surface area contributed by atoms with Crippen molar-refractivity contribution in [3.63, 3.8) is 0 Å². The molecular formula is C35H40ClF9N2. The minimum Gasteiger partial charge on any atom is -0.403 e. The Bertz CT molecular complexity index is 1480. The van der Waals surface area contributed by atoms with Crippen LogP contribution in [-0.2, 0) is 24.3 Å². The summed E-state index contributed by atoms with van der Waals surface area (Å²) in [5.41, 5.74) is -0.194. The van der Waals surface area contributed by atoms with Crippen LogP contribution >= 0.6 is 11.6 Å². The van der Waals surface area contributed by atoms with Gasteiger partial charge in [0.1, 0.15) is 17.5 Å². The van der Waals surface area contributed by atoms with Crippen molar-refractivity contribution in [1.29, 1.82) is 0 Å². The fourth-order valence-corrected chi connectivity index (χ4v) is 3.99. The van der Waals surface area contributed by atoms with Gasteiger partial charge in [-0.25, -0.2) is 13.2 Å². The molecule has 0 unspecified atom stereocenters. The van der Waals surface area contributed by atoms with Gasteiger partial charge in [-0.1, -0.05) is 76.6 Å². The lowest BCUT2D eigenvalue weighted by Crippen LogP contribution is -2.41. The molecule has 0 aliphatic heterocycles. The maximum Gasteiger partial charge on any atom is 0.419 e. The maximum atomic E-state index is 14.4. The highest BCUT2D eigenvalue weighted by Crippen LogP contribution is 2.37. The maximum absolute atomic E-state index is 14.4. The van der Waals surface area contributed by atoms with E-state index in [4.69, 9.17) is 17.3 Å². The molecule has 1 atom stereocenters. The van der Waals surface area contributed by atoms with Crippen molar-refractivity contribution in [3.8, 4) is 0 Å². The summed E-state index contributed by atoms with van der Waals surface area (Å²) in [6.07, 6.45) is -4.09. The van der Waals surface area contributed by atoms with Crippen LogP contribution in [-0.4, -0.2) is 0 Å². The number of allylic oxidation sites excluding steroid dienone is 3. The summed E-state index contributed by atoms with van der Waals surface area (Å²) in [7, 11) is 0. The summed E-state index contributed by atoms with van der Waals surface area (Å²) >= 11 is 5.41. The quantitative estimate of drug-likeness (QED) is 0.191. The Morgan fingerprint density at radius 2 is 1.40 bits per heavy atom. The van der Waals surface area contributed by atoms with Gasteiger partial charge in [-0.15, -0.1) is 0 Å². The lowest BCUT2D eigenvalue weighted by Gasteiger charge is -2.34. The van der Waals surface area contributed by atoms with Gasteiger partial charge in [0, 0.05) is 18.3 Å². The smallest absolute Gasteiger partial charge is 0.403 e. The van der Waals surface area contributed by atoms with E-state index in [-0.39, 0.29) is 34.9 Å². The van der Waals surface area contributed by atoms with Crippen LogP contribution in [0.3, 0.4) is 0 Å². The van der Waals surface area contributed by atoms with Gasteiger partial charge in [0.05, 0.1) is 21.7 Å². The second-order valence-electron chi connectivity index (χ2n) is 9.88. The average Bonchev–Trinajstić information content (AvgIpc) is 2.99. The van der Waals surface area contributed by atoms with E-state index in [2.05, 4.69) is 25.7 Å². The van der Waals surface area contributed by atoms with Crippen LogP contribution in [0.5, 0.6) is 0 Å². The molecule has 0 heterocycles. The van der Waals surface area contributed by atoms with Gasteiger partial charge >= 0.3 is 12.4 Å². The van der Waals surface area contributed by atoms with E-state index in [0.717, 1.165) is 18.2 Å². The van der Waals surface area contributed by atoms with E-state index in [1.807, 2.05) is 26.8 Å². The van der Waals surface area contributed by atoms with E-state index in [9.17, 15) is 39.5 Å². The van der Waals surface area contributed by atoms with Crippen LogP contribution in [0.1, 0.15) is 75.8 Å². The number of benzene rings is 3. The fraction of sp³-hybridized carbons (Fsp3) is 0.314. The first kappa shape index (κ1) is 43.1. The number of alkyl halides is 6. The third-order valence-corrected chi connectivity index (χ3v) is 6.15. The van der Waals surface area contributed by atoms with Crippen molar-refractivity contribution in [2.24, 2.45) is 5.73 Å². The highest BCUT2D eigenvalue weighted by atomic mass is 35.5. The van der Waals surface area contributed by atoms with Crippen LogP contribution in [0.4, 0.5) is 39.5 Å². The van der Waals surface area contributed by atoms with Crippen molar-refractivity contribution in [2.75, 3.05) is 0 Å². The molecule has 0 amide bonds. The first-order valence-corrected chi connectivity index (χ1v) is 14.9. The van der Waals surface area contributed by atoms with Gasteiger partial charge in [-0.05, 0) is 79.1 Å². The van der Waals surface area contributed by atoms with Crippen molar-refractivity contribution in [3.05, 3.63) is 136 Å². The number of hydrogen-bond donors (Lipinski definition) is 2. The number of nitrogens with one attached hydrogen (secondary N) is 1. The molecule has 3 aromatic rings. The Labute approximate surface area is 275 Å². The van der Waals surface area contributed by atoms with Crippen molar-refractivity contribution >= 4 is 17.3 Å². The molecule has 12 heteroatoms. The van der Waals surface area contributed by atoms with E-state index in [1.165, 1.54) is 37.7 Å². The van der Waals surface area contributed by atoms with Gasteiger partial charge in [-0.2, -0.15) is 26.3 Å². The second-order valence-corrected chi connectivity index (χ2v) is 10.3. The first-order chi connectivity index (χ1) is 21.8.